The van der Waals surface area contributed by atoms with Crippen molar-refractivity contribution >= 4 is 23.2 Å². The summed E-state index contributed by atoms with van der Waals surface area (Å²) in [5.74, 6) is 0.457. The first kappa shape index (κ1) is 14.9. The van der Waals surface area contributed by atoms with Crippen molar-refractivity contribution in [1.82, 2.24) is 9.97 Å². The summed E-state index contributed by atoms with van der Waals surface area (Å²) in [5.41, 5.74) is 4.19. The molecule has 1 aliphatic carbocycles. The van der Waals surface area contributed by atoms with E-state index in [4.69, 9.17) is 16.6 Å². The van der Waals surface area contributed by atoms with E-state index in [0.29, 0.717) is 11.1 Å². The highest BCUT2D eigenvalue weighted by atomic mass is 35.5. The maximum atomic E-state index is 13.5. The number of anilines is 2. The molecule has 1 aliphatic heterocycles. The topological polar surface area (TPSA) is 29.0 Å². The second-order valence-corrected chi connectivity index (χ2v) is 6.84. The van der Waals surface area contributed by atoms with Crippen LogP contribution in [0.25, 0.3) is 0 Å². The van der Waals surface area contributed by atoms with Gasteiger partial charge < -0.3 is 4.90 Å². The lowest BCUT2D eigenvalue weighted by Gasteiger charge is -2.36. The van der Waals surface area contributed by atoms with Crippen molar-refractivity contribution in [3.8, 4) is 0 Å². The lowest BCUT2D eigenvalue weighted by Crippen LogP contribution is -2.35. The molecule has 0 saturated heterocycles. The van der Waals surface area contributed by atoms with Crippen molar-refractivity contribution in [2.75, 3.05) is 4.90 Å². The van der Waals surface area contributed by atoms with Gasteiger partial charge in [0.25, 0.3) is 0 Å². The molecule has 1 unspecified atom stereocenters. The van der Waals surface area contributed by atoms with Gasteiger partial charge in [-0.25, -0.2) is 14.4 Å². The summed E-state index contributed by atoms with van der Waals surface area (Å²) in [6, 6.07) is 5.22. The third-order valence-electron chi connectivity index (χ3n) is 4.91. The third kappa shape index (κ3) is 2.59. The Bertz CT molecular complexity index is 762. The molecule has 0 amide bonds. The van der Waals surface area contributed by atoms with Crippen molar-refractivity contribution in [2.45, 2.75) is 51.5 Å². The molecular weight excluding hydrogens is 313 g/mol. The number of nitrogens with zero attached hydrogens (tertiary/aromatic N) is 3. The van der Waals surface area contributed by atoms with Crippen LogP contribution >= 0.6 is 11.6 Å². The smallest absolute Gasteiger partial charge is 0.231 e. The van der Waals surface area contributed by atoms with Crippen LogP contribution in [0.15, 0.2) is 18.2 Å². The second kappa shape index (κ2) is 5.75. The molecule has 1 atom stereocenters. The summed E-state index contributed by atoms with van der Waals surface area (Å²) < 4.78 is 13.5. The monoisotopic (exact) mass is 331 g/mol. The zero-order chi connectivity index (χ0) is 16.0. The average Bonchev–Trinajstić information content (AvgIpc) is 2.55. The van der Waals surface area contributed by atoms with Crippen LogP contribution in [-0.4, -0.2) is 16.0 Å². The number of hydrogen-bond acceptors (Lipinski definition) is 3. The van der Waals surface area contributed by atoms with Gasteiger partial charge in [0.15, 0.2) is 0 Å². The van der Waals surface area contributed by atoms with Crippen molar-refractivity contribution in [2.24, 2.45) is 0 Å². The molecule has 0 fully saturated rings. The standard InChI is InChI=1S/C18H19ClFN3/c1-11-6-7-12-10-13(20)8-9-16(12)23(11)18-21-15-5-3-2-4-14(15)17(19)22-18/h8-11H,2-7H2,1H3. The summed E-state index contributed by atoms with van der Waals surface area (Å²) in [6.45, 7) is 2.16. The van der Waals surface area contributed by atoms with Crippen LogP contribution < -0.4 is 4.90 Å². The summed E-state index contributed by atoms with van der Waals surface area (Å²) >= 11 is 6.43. The average molecular weight is 332 g/mol. The highest BCUT2D eigenvalue weighted by molar-refractivity contribution is 6.30. The Morgan fingerprint density at radius 3 is 2.87 bits per heavy atom. The molecule has 0 N–H and O–H groups in total. The SMILES string of the molecule is CC1CCc2cc(F)ccc2N1c1nc(Cl)c2c(n1)CCCC2. The fourth-order valence-corrected chi connectivity index (χ4v) is 3.95. The molecule has 5 heteroatoms. The predicted octanol–water partition coefficient (Wildman–Crippen LogP) is 4.62. The zero-order valence-corrected chi connectivity index (χ0v) is 13.9. The fraction of sp³-hybridized carbons (Fsp3) is 0.444. The van der Waals surface area contributed by atoms with E-state index >= 15 is 0 Å². The van der Waals surface area contributed by atoms with Gasteiger partial charge in [-0.1, -0.05) is 11.6 Å². The highest BCUT2D eigenvalue weighted by Crippen LogP contribution is 2.37. The Balaban J connectivity index is 1.83. The molecule has 2 aromatic rings. The largest absolute Gasteiger partial charge is 0.307 e. The first-order chi connectivity index (χ1) is 11.1. The fourth-order valence-electron chi connectivity index (χ4n) is 3.67. The lowest BCUT2D eigenvalue weighted by atomic mass is 9.96. The molecule has 0 bridgehead atoms. The maximum Gasteiger partial charge on any atom is 0.231 e. The Labute approximate surface area is 140 Å². The van der Waals surface area contributed by atoms with Gasteiger partial charge in [0.05, 0.1) is 5.69 Å². The lowest BCUT2D eigenvalue weighted by molar-refractivity contribution is 0.588. The van der Waals surface area contributed by atoms with Crippen LogP contribution in [0.3, 0.4) is 0 Å². The third-order valence-corrected chi connectivity index (χ3v) is 5.22. The molecule has 0 radical (unpaired) electrons. The summed E-state index contributed by atoms with van der Waals surface area (Å²) in [7, 11) is 0. The number of aromatic nitrogens is 2. The molecule has 4 rings (SSSR count). The molecule has 1 aromatic heterocycles. The normalized spacial score (nSPS) is 20.1. The molecule has 3 nitrogen and oxygen atoms in total. The number of hydrogen-bond donors (Lipinski definition) is 0. The molecule has 0 saturated carbocycles. The van der Waals surface area contributed by atoms with Crippen LogP contribution in [0.1, 0.15) is 43.0 Å². The summed E-state index contributed by atoms with van der Waals surface area (Å²) in [6.07, 6.45) is 6.06. The predicted molar refractivity (Wildman–Crippen MR) is 90.0 cm³/mol. The van der Waals surface area contributed by atoms with E-state index in [0.717, 1.165) is 61.0 Å². The van der Waals surface area contributed by atoms with Gasteiger partial charge in [-0.15, -0.1) is 0 Å². The van der Waals surface area contributed by atoms with Crippen LogP contribution in [0, 0.1) is 5.82 Å². The Hall–Kier alpha value is -1.68. The first-order valence-corrected chi connectivity index (χ1v) is 8.64. The van der Waals surface area contributed by atoms with Gasteiger partial charge in [0.2, 0.25) is 5.95 Å². The van der Waals surface area contributed by atoms with E-state index in [1.54, 1.807) is 6.07 Å². The summed E-state index contributed by atoms with van der Waals surface area (Å²) in [4.78, 5) is 11.5. The van der Waals surface area contributed by atoms with Crippen LogP contribution in [0.4, 0.5) is 16.0 Å². The Morgan fingerprint density at radius 2 is 2.00 bits per heavy atom. The minimum absolute atomic E-state index is 0.192. The van der Waals surface area contributed by atoms with E-state index < -0.39 is 0 Å². The van der Waals surface area contributed by atoms with Gasteiger partial charge in [0.1, 0.15) is 11.0 Å². The molecule has 2 aliphatic rings. The molecule has 2 heterocycles. The van der Waals surface area contributed by atoms with Crippen LogP contribution in [0.2, 0.25) is 5.15 Å². The van der Waals surface area contributed by atoms with Crippen molar-refractivity contribution < 1.29 is 4.39 Å². The number of halogens is 2. The quantitative estimate of drug-likeness (QED) is 0.714. The minimum Gasteiger partial charge on any atom is -0.307 e. The van der Waals surface area contributed by atoms with Gasteiger partial charge in [-0.3, -0.25) is 0 Å². The minimum atomic E-state index is -0.192. The number of rotatable bonds is 1. The maximum absolute atomic E-state index is 13.5. The van der Waals surface area contributed by atoms with Crippen molar-refractivity contribution in [3.05, 3.63) is 46.0 Å². The Kier molecular flexibility index (Phi) is 3.72. The summed E-state index contributed by atoms with van der Waals surface area (Å²) in [5, 5.41) is 0.575. The molecular formula is C18H19ClFN3. The van der Waals surface area contributed by atoms with E-state index in [-0.39, 0.29) is 11.9 Å². The van der Waals surface area contributed by atoms with Gasteiger partial charge in [-0.2, -0.15) is 0 Å². The molecule has 120 valence electrons. The van der Waals surface area contributed by atoms with Crippen LogP contribution in [-0.2, 0) is 19.3 Å². The number of fused-ring (bicyclic) bond motifs is 2. The zero-order valence-electron chi connectivity index (χ0n) is 13.1. The Morgan fingerprint density at radius 1 is 1.17 bits per heavy atom. The van der Waals surface area contributed by atoms with E-state index in [2.05, 4.69) is 16.8 Å². The molecule has 0 spiro atoms. The van der Waals surface area contributed by atoms with Gasteiger partial charge >= 0.3 is 0 Å². The van der Waals surface area contributed by atoms with Crippen molar-refractivity contribution in [1.29, 1.82) is 0 Å². The van der Waals surface area contributed by atoms with E-state index in [9.17, 15) is 4.39 Å². The molecule has 23 heavy (non-hydrogen) atoms. The van der Waals surface area contributed by atoms with Crippen LogP contribution in [0.5, 0.6) is 0 Å². The molecule has 1 aromatic carbocycles. The first-order valence-electron chi connectivity index (χ1n) is 8.26. The van der Waals surface area contributed by atoms with E-state index in [1.807, 2.05) is 6.07 Å². The van der Waals surface area contributed by atoms with Crippen molar-refractivity contribution in [3.63, 3.8) is 0 Å². The number of aryl methyl sites for hydroxylation is 2. The van der Waals surface area contributed by atoms with E-state index in [1.165, 1.54) is 6.07 Å². The second-order valence-electron chi connectivity index (χ2n) is 6.48. The van der Waals surface area contributed by atoms with Gasteiger partial charge in [0, 0.05) is 17.3 Å². The number of benzene rings is 1. The highest BCUT2D eigenvalue weighted by Gasteiger charge is 2.28. The van der Waals surface area contributed by atoms with Gasteiger partial charge in [-0.05, 0) is 69.2 Å².